The molecule has 0 saturated carbocycles. The van der Waals surface area contributed by atoms with Crippen LogP contribution in [0, 0.1) is 23.4 Å². The zero-order chi connectivity index (χ0) is 12.3. The lowest BCUT2D eigenvalue weighted by molar-refractivity contribution is 0.477. The normalized spacial score (nSPS) is 14.6. The number of nitrogens with one attached hydrogen (secondary N) is 1. The molecule has 1 N–H and O–H groups in total. The number of anilines is 1. The minimum atomic E-state index is -1.17. The Balaban J connectivity index is 2.88. The SMILES string of the molecule is CCC(C)C(C)Nc1cc(F)cc(F)c1F. The van der Waals surface area contributed by atoms with Crippen LogP contribution in [-0.4, -0.2) is 6.04 Å². The van der Waals surface area contributed by atoms with Gasteiger partial charge >= 0.3 is 0 Å². The Hall–Kier alpha value is -1.19. The first-order chi connectivity index (χ1) is 7.45. The molecule has 0 aromatic heterocycles. The first-order valence-corrected chi connectivity index (χ1v) is 5.36. The van der Waals surface area contributed by atoms with E-state index in [9.17, 15) is 13.2 Å². The standard InChI is InChI=1S/C12H16F3N/c1-4-7(2)8(3)16-11-6-9(13)5-10(14)12(11)15/h5-8,16H,4H2,1-3H3. The third-order valence-electron chi connectivity index (χ3n) is 2.87. The lowest BCUT2D eigenvalue weighted by atomic mass is 10.0. The highest BCUT2D eigenvalue weighted by atomic mass is 19.2. The second-order valence-corrected chi connectivity index (χ2v) is 4.07. The van der Waals surface area contributed by atoms with Gasteiger partial charge in [-0.05, 0) is 12.8 Å². The van der Waals surface area contributed by atoms with Crippen LogP contribution in [0.2, 0.25) is 0 Å². The lowest BCUT2D eigenvalue weighted by Gasteiger charge is -2.21. The molecule has 16 heavy (non-hydrogen) atoms. The van der Waals surface area contributed by atoms with Gasteiger partial charge in [0.25, 0.3) is 0 Å². The molecule has 1 rings (SSSR count). The van der Waals surface area contributed by atoms with E-state index in [1.165, 1.54) is 0 Å². The lowest BCUT2D eigenvalue weighted by Crippen LogP contribution is -2.24. The average molecular weight is 231 g/mol. The smallest absolute Gasteiger partial charge is 0.182 e. The first-order valence-electron chi connectivity index (χ1n) is 5.36. The van der Waals surface area contributed by atoms with Gasteiger partial charge in [0.15, 0.2) is 11.6 Å². The maximum atomic E-state index is 13.3. The maximum Gasteiger partial charge on any atom is 0.182 e. The summed E-state index contributed by atoms with van der Waals surface area (Å²) in [5.74, 6) is -2.68. The van der Waals surface area contributed by atoms with Crippen molar-refractivity contribution in [2.24, 2.45) is 5.92 Å². The highest BCUT2D eigenvalue weighted by Crippen LogP contribution is 2.22. The third kappa shape index (κ3) is 2.90. The second-order valence-electron chi connectivity index (χ2n) is 4.07. The summed E-state index contributed by atoms with van der Waals surface area (Å²) in [6.07, 6.45) is 0.910. The second kappa shape index (κ2) is 5.23. The molecule has 0 amide bonds. The Bertz CT molecular complexity index is 366. The van der Waals surface area contributed by atoms with E-state index in [1.54, 1.807) is 0 Å². The largest absolute Gasteiger partial charge is 0.380 e. The van der Waals surface area contributed by atoms with Gasteiger partial charge in [-0.1, -0.05) is 20.3 Å². The first kappa shape index (κ1) is 12.9. The molecule has 4 heteroatoms. The van der Waals surface area contributed by atoms with Gasteiger partial charge in [0.2, 0.25) is 0 Å². The van der Waals surface area contributed by atoms with Crippen molar-refractivity contribution in [1.82, 2.24) is 0 Å². The van der Waals surface area contributed by atoms with Crippen molar-refractivity contribution in [3.8, 4) is 0 Å². The summed E-state index contributed by atoms with van der Waals surface area (Å²) < 4.78 is 39.1. The Kier molecular flexibility index (Phi) is 4.21. The Morgan fingerprint density at radius 1 is 1.19 bits per heavy atom. The number of halogens is 3. The van der Waals surface area contributed by atoms with Gasteiger partial charge in [0.1, 0.15) is 5.82 Å². The summed E-state index contributed by atoms with van der Waals surface area (Å²) in [4.78, 5) is 0. The summed E-state index contributed by atoms with van der Waals surface area (Å²) in [5, 5.41) is 2.79. The molecule has 0 saturated heterocycles. The van der Waals surface area contributed by atoms with Gasteiger partial charge in [-0.25, -0.2) is 13.2 Å². The minimum Gasteiger partial charge on any atom is -0.380 e. The molecule has 1 aromatic rings. The van der Waals surface area contributed by atoms with E-state index in [-0.39, 0.29) is 11.7 Å². The van der Waals surface area contributed by atoms with Gasteiger partial charge in [-0.3, -0.25) is 0 Å². The molecule has 0 aliphatic rings. The molecule has 1 aromatic carbocycles. The molecule has 0 radical (unpaired) electrons. The van der Waals surface area contributed by atoms with Gasteiger partial charge in [-0.2, -0.15) is 0 Å². The Morgan fingerprint density at radius 3 is 2.38 bits per heavy atom. The number of benzene rings is 1. The van der Waals surface area contributed by atoms with Crippen molar-refractivity contribution in [2.45, 2.75) is 33.2 Å². The zero-order valence-corrected chi connectivity index (χ0v) is 9.65. The number of hydrogen-bond donors (Lipinski definition) is 1. The molecular weight excluding hydrogens is 215 g/mol. The molecule has 1 nitrogen and oxygen atoms in total. The van der Waals surface area contributed by atoms with E-state index < -0.39 is 17.5 Å². The van der Waals surface area contributed by atoms with Crippen LogP contribution in [0.15, 0.2) is 12.1 Å². The monoisotopic (exact) mass is 231 g/mol. The van der Waals surface area contributed by atoms with E-state index in [0.717, 1.165) is 12.5 Å². The van der Waals surface area contributed by atoms with Crippen molar-refractivity contribution < 1.29 is 13.2 Å². The zero-order valence-electron chi connectivity index (χ0n) is 9.65. The highest BCUT2D eigenvalue weighted by Gasteiger charge is 2.15. The van der Waals surface area contributed by atoms with E-state index >= 15 is 0 Å². The molecular formula is C12H16F3N. The fourth-order valence-corrected chi connectivity index (χ4v) is 1.40. The number of rotatable bonds is 4. The van der Waals surface area contributed by atoms with Crippen molar-refractivity contribution in [3.05, 3.63) is 29.6 Å². The van der Waals surface area contributed by atoms with E-state index in [2.05, 4.69) is 5.32 Å². The molecule has 0 heterocycles. The summed E-state index contributed by atoms with van der Waals surface area (Å²) in [7, 11) is 0. The summed E-state index contributed by atoms with van der Waals surface area (Å²) >= 11 is 0. The van der Waals surface area contributed by atoms with Crippen LogP contribution in [0.3, 0.4) is 0 Å². The van der Waals surface area contributed by atoms with Crippen LogP contribution >= 0.6 is 0 Å². The van der Waals surface area contributed by atoms with Crippen LogP contribution in [0.25, 0.3) is 0 Å². The van der Waals surface area contributed by atoms with Crippen LogP contribution < -0.4 is 5.32 Å². The molecule has 0 fully saturated rings. The molecule has 90 valence electrons. The van der Waals surface area contributed by atoms with Gasteiger partial charge in [0, 0.05) is 18.2 Å². The van der Waals surface area contributed by atoms with Crippen molar-refractivity contribution in [3.63, 3.8) is 0 Å². The third-order valence-corrected chi connectivity index (χ3v) is 2.87. The highest BCUT2D eigenvalue weighted by molar-refractivity contribution is 5.46. The predicted octanol–water partition coefficient (Wildman–Crippen LogP) is 3.95. The maximum absolute atomic E-state index is 13.3. The van der Waals surface area contributed by atoms with E-state index in [1.807, 2.05) is 20.8 Å². The summed E-state index contributed by atoms with van der Waals surface area (Å²) in [6, 6.07) is 1.46. The summed E-state index contributed by atoms with van der Waals surface area (Å²) in [6.45, 7) is 5.85. The van der Waals surface area contributed by atoms with E-state index in [0.29, 0.717) is 12.0 Å². The van der Waals surface area contributed by atoms with Crippen molar-refractivity contribution in [1.29, 1.82) is 0 Å². The predicted molar refractivity (Wildman–Crippen MR) is 58.9 cm³/mol. The summed E-state index contributed by atoms with van der Waals surface area (Å²) in [5.41, 5.74) is -0.120. The minimum absolute atomic E-state index is 0.0410. The Morgan fingerprint density at radius 2 is 1.81 bits per heavy atom. The van der Waals surface area contributed by atoms with Crippen LogP contribution in [0.5, 0.6) is 0 Å². The quantitative estimate of drug-likeness (QED) is 0.773. The van der Waals surface area contributed by atoms with Crippen LogP contribution in [0.4, 0.5) is 18.9 Å². The molecule has 0 spiro atoms. The molecule has 2 atom stereocenters. The van der Waals surface area contributed by atoms with Crippen LogP contribution in [0.1, 0.15) is 27.2 Å². The van der Waals surface area contributed by atoms with E-state index in [4.69, 9.17) is 0 Å². The molecule has 0 aliphatic carbocycles. The van der Waals surface area contributed by atoms with Gasteiger partial charge < -0.3 is 5.32 Å². The van der Waals surface area contributed by atoms with Crippen LogP contribution in [-0.2, 0) is 0 Å². The fraction of sp³-hybridized carbons (Fsp3) is 0.500. The number of hydrogen-bond acceptors (Lipinski definition) is 1. The fourth-order valence-electron chi connectivity index (χ4n) is 1.40. The van der Waals surface area contributed by atoms with Crippen molar-refractivity contribution >= 4 is 5.69 Å². The molecule has 0 aliphatic heterocycles. The topological polar surface area (TPSA) is 12.0 Å². The molecule has 2 unspecified atom stereocenters. The average Bonchev–Trinajstić information content (AvgIpc) is 2.23. The van der Waals surface area contributed by atoms with Gasteiger partial charge in [-0.15, -0.1) is 0 Å². The Labute approximate surface area is 93.7 Å². The van der Waals surface area contributed by atoms with Crippen molar-refractivity contribution in [2.75, 3.05) is 5.32 Å². The molecule has 0 bridgehead atoms. The van der Waals surface area contributed by atoms with Gasteiger partial charge in [0.05, 0.1) is 5.69 Å².